The quantitative estimate of drug-likeness (QED) is 0.351. The van der Waals surface area contributed by atoms with Gasteiger partial charge in [-0.05, 0) is 25.8 Å². The molecule has 0 aromatic carbocycles. The van der Waals surface area contributed by atoms with Crippen LogP contribution in [0, 0.1) is 0 Å². The zero-order chi connectivity index (χ0) is 11.5. The summed E-state index contributed by atoms with van der Waals surface area (Å²) in [5, 5.41) is 0. The Bertz CT molecular complexity index is 200. The van der Waals surface area contributed by atoms with Gasteiger partial charge in [-0.25, -0.2) is 4.79 Å². The number of hydrogen-bond donors (Lipinski definition) is 0. The first-order valence-electron chi connectivity index (χ1n) is 5.75. The van der Waals surface area contributed by atoms with Crippen molar-refractivity contribution in [2.24, 2.45) is 0 Å². The van der Waals surface area contributed by atoms with Crippen LogP contribution < -0.4 is 0 Å². The molecule has 2 nitrogen and oxygen atoms in total. The van der Waals surface area contributed by atoms with E-state index in [2.05, 4.69) is 11.7 Å². The van der Waals surface area contributed by atoms with E-state index >= 15 is 0 Å². The third-order valence-electron chi connectivity index (χ3n) is 2.10. The number of halogens is 1. The topological polar surface area (TPSA) is 26.3 Å². The van der Waals surface area contributed by atoms with E-state index in [0.717, 1.165) is 12.8 Å². The van der Waals surface area contributed by atoms with Gasteiger partial charge in [0.15, 0.2) is 0 Å². The van der Waals surface area contributed by atoms with Crippen molar-refractivity contribution in [3.8, 4) is 0 Å². The fourth-order valence-electron chi connectivity index (χ4n) is 1.26. The first-order valence-corrected chi connectivity index (χ1v) is 5.75. The molecular formula is C12H21FO2. The molecule has 0 aromatic heterocycles. The van der Waals surface area contributed by atoms with E-state index in [1.165, 1.54) is 25.3 Å². The lowest BCUT2D eigenvalue weighted by Crippen LogP contribution is -2.03. The SMILES string of the molecule is CCCCCCC/C=C(/F)C(=O)OCC. The van der Waals surface area contributed by atoms with Crippen LogP contribution in [-0.4, -0.2) is 12.6 Å². The Kier molecular flexibility index (Phi) is 9.13. The number of esters is 1. The predicted molar refractivity (Wildman–Crippen MR) is 59.2 cm³/mol. The van der Waals surface area contributed by atoms with Gasteiger partial charge in [-0.1, -0.05) is 32.6 Å². The Morgan fingerprint density at radius 1 is 1.20 bits per heavy atom. The fraction of sp³-hybridized carbons (Fsp3) is 0.750. The summed E-state index contributed by atoms with van der Waals surface area (Å²) in [4.78, 5) is 10.8. The van der Waals surface area contributed by atoms with E-state index in [0.29, 0.717) is 6.42 Å². The molecule has 0 spiro atoms. The molecule has 0 saturated carbocycles. The average molecular weight is 216 g/mol. The number of hydrogen-bond acceptors (Lipinski definition) is 2. The average Bonchev–Trinajstić information content (AvgIpc) is 2.23. The fourth-order valence-corrected chi connectivity index (χ4v) is 1.26. The van der Waals surface area contributed by atoms with Gasteiger partial charge in [0.2, 0.25) is 5.83 Å². The summed E-state index contributed by atoms with van der Waals surface area (Å²) in [6, 6.07) is 0. The van der Waals surface area contributed by atoms with E-state index in [9.17, 15) is 9.18 Å². The molecule has 0 unspecified atom stereocenters. The normalized spacial score (nSPS) is 11.5. The number of carbonyl (C=O) groups excluding carboxylic acids is 1. The number of rotatable bonds is 8. The molecule has 15 heavy (non-hydrogen) atoms. The minimum absolute atomic E-state index is 0.219. The molecule has 0 aromatic rings. The summed E-state index contributed by atoms with van der Waals surface area (Å²) in [6.07, 6.45) is 7.59. The third kappa shape index (κ3) is 8.16. The molecule has 0 aliphatic heterocycles. The van der Waals surface area contributed by atoms with Crippen LogP contribution in [0.3, 0.4) is 0 Å². The minimum Gasteiger partial charge on any atom is -0.461 e. The molecule has 88 valence electrons. The standard InChI is InChI=1S/C12H21FO2/c1-3-5-6-7-8-9-10-11(13)12(14)15-4-2/h10H,3-9H2,1-2H3/b11-10+. The maximum absolute atomic E-state index is 12.9. The van der Waals surface area contributed by atoms with Gasteiger partial charge < -0.3 is 4.74 Å². The molecule has 0 atom stereocenters. The number of carbonyl (C=O) groups is 1. The van der Waals surface area contributed by atoms with Crippen molar-refractivity contribution in [2.45, 2.75) is 52.4 Å². The van der Waals surface area contributed by atoms with E-state index < -0.39 is 11.8 Å². The second kappa shape index (κ2) is 9.69. The van der Waals surface area contributed by atoms with E-state index in [1.807, 2.05) is 0 Å². The summed E-state index contributed by atoms with van der Waals surface area (Å²) in [6.45, 7) is 4.03. The van der Waals surface area contributed by atoms with E-state index in [-0.39, 0.29) is 6.61 Å². The first-order chi connectivity index (χ1) is 7.22. The summed E-state index contributed by atoms with van der Waals surface area (Å²) < 4.78 is 17.5. The maximum atomic E-state index is 12.9. The number of unbranched alkanes of at least 4 members (excludes halogenated alkanes) is 5. The van der Waals surface area contributed by atoms with E-state index in [1.54, 1.807) is 6.92 Å². The van der Waals surface area contributed by atoms with Gasteiger partial charge in [-0.15, -0.1) is 0 Å². The molecule has 0 N–H and O–H groups in total. The van der Waals surface area contributed by atoms with Crippen molar-refractivity contribution >= 4 is 5.97 Å². The van der Waals surface area contributed by atoms with Gasteiger partial charge in [0, 0.05) is 0 Å². The molecule has 0 radical (unpaired) electrons. The van der Waals surface area contributed by atoms with Gasteiger partial charge in [-0.3, -0.25) is 0 Å². The molecule has 0 heterocycles. The second-order valence-corrected chi connectivity index (χ2v) is 3.48. The van der Waals surface area contributed by atoms with Crippen LogP contribution in [-0.2, 0) is 9.53 Å². The Morgan fingerprint density at radius 2 is 1.87 bits per heavy atom. The molecule has 0 aliphatic rings. The highest BCUT2D eigenvalue weighted by Gasteiger charge is 2.07. The van der Waals surface area contributed by atoms with Crippen molar-refractivity contribution in [3.63, 3.8) is 0 Å². The zero-order valence-electron chi connectivity index (χ0n) is 9.72. The molecule has 0 saturated heterocycles. The van der Waals surface area contributed by atoms with Crippen LogP contribution in [0.15, 0.2) is 11.9 Å². The van der Waals surface area contributed by atoms with Gasteiger partial charge in [0.25, 0.3) is 0 Å². The molecule has 0 rings (SSSR count). The van der Waals surface area contributed by atoms with Crippen LogP contribution in [0.2, 0.25) is 0 Å². The van der Waals surface area contributed by atoms with Gasteiger partial charge in [0.1, 0.15) is 0 Å². The second-order valence-electron chi connectivity index (χ2n) is 3.48. The predicted octanol–water partition coefficient (Wildman–Crippen LogP) is 3.76. The summed E-state index contributed by atoms with van der Waals surface area (Å²) in [5.74, 6) is -1.60. The summed E-state index contributed by atoms with van der Waals surface area (Å²) in [5.41, 5.74) is 0. The van der Waals surface area contributed by atoms with Gasteiger partial charge in [0.05, 0.1) is 6.61 Å². The lowest BCUT2D eigenvalue weighted by molar-refractivity contribution is -0.140. The monoisotopic (exact) mass is 216 g/mol. The Hall–Kier alpha value is -0.860. The smallest absolute Gasteiger partial charge is 0.366 e. The molecule has 0 fully saturated rings. The van der Waals surface area contributed by atoms with Crippen molar-refractivity contribution < 1.29 is 13.9 Å². The van der Waals surface area contributed by atoms with Crippen molar-refractivity contribution in [1.29, 1.82) is 0 Å². The summed E-state index contributed by atoms with van der Waals surface area (Å²) >= 11 is 0. The highest BCUT2D eigenvalue weighted by Crippen LogP contribution is 2.08. The highest BCUT2D eigenvalue weighted by atomic mass is 19.1. The lowest BCUT2D eigenvalue weighted by atomic mass is 10.1. The maximum Gasteiger partial charge on any atom is 0.366 e. The first kappa shape index (κ1) is 14.1. The largest absolute Gasteiger partial charge is 0.461 e. The Balaban J connectivity index is 3.53. The third-order valence-corrected chi connectivity index (χ3v) is 2.10. The molecular weight excluding hydrogens is 195 g/mol. The minimum atomic E-state index is -0.842. The number of ether oxygens (including phenoxy) is 1. The van der Waals surface area contributed by atoms with Crippen molar-refractivity contribution in [2.75, 3.05) is 6.61 Å². The lowest BCUT2D eigenvalue weighted by Gasteiger charge is -1.99. The molecule has 0 bridgehead atoms. The van der Waals surface area contributed by atoms with Crippen LogP contribution in [0.1, 0.15) is 52.4 Å². The highest BCUT2D eigenvalue weighted by molar-refractivity contribution is 5.85. The van der Waals surface area contributed by atoms with Crippen LogP contribution >= 0.6 is 0 Å². The molecule has 0 amide bonds. The summed E-state index contributed by atoms with van der Waals surface area (Å²) in [7, 11) is 0. The van der Waals surface area contributed by atoms with Gasteiger partial charge >= 0.3 is 5.97 Å². The van der Waals surface area contributed by atoms with Crippen LogP contribution in [0.25, 0.3) is 0 Å². The van der Waals surface area contributed by atoms with Gasteiger partial charge in [-0.2, -0.15) is 4.39 Å². The van der Waals surface area contributed by atoms with Crippen molar-refractivity contribution in [1.82, 2.24) is 0 Å². The Morgan fingerprint density at radius 3 is 2.47 bits per heavy atom. The molecule has 3 heteroatoms. The Labute approximate surface area is 91.5 Å². The molecule has 0 aliphatic carbocycles. The van der Waals surface area contributed by atoms with Crippen LogP contribution in [0.4, 0.5) is 4.39 Å². The zero-order valence-corrected chi connectivity index (χ0v) is 9.72. The van der Waals surface area contributed by atoms with E-state index in [4.69, 9.17) is 0 Å². The van der Waals surface area contributed by atoms with Crippen molar-refractivity contribution in [3.05, 3.63) is 11.9 Å². The van der Waals surface area contributed by atoms with Crippen LogP contribution in [0.5, 0.6) is 0 Å². The number of allylic oxidation sites excluding steroid dienone is 1.